The molecule has 0 saturated carbocycles. The zero-order valence-electron chi connectivity index (χ0n) is 17.6. The largest absolute Gasteiger partial charge is 0.477 e. The van der Waals surface area contributed by atoms with E-state index in [1.54, 1.807) is 29.3 Å². The van der Waals surface area contributed by atoms with Crippen molar-refractivity contribution in [3.63, 3.8) is 0 Å². The van der Waals surface area contributed by atoms with Gasteiger partial charge in [0, 0.05) is 24.3 Å². The molecule has 2 amide bonds. The molecule has 3 aliphatic heterocycles. The monoisotopic (exact) mass is 487 g/mol. The van der Waals surface area contributed by atoms with Crippen molar-refractivity contribution in [3.8, 4) is 0 Å². The highest BCUT2D eigenvalue weighted by Gasteiger charge is 2.53. The molecule has 178 valence electrons. The van der Waals surface area contributed by atoms with Crippen molar-refractivity contribution >= 4 is 46.0 Å². The number of carbonyl (C=O) groups excluding carboxylic acids is 2. The van der Waals surface area contributed by atoms with Gasteiger partial charge in [-0.3, -0.25) is 19.9 Å². The number of β-lactam (4-membered cyclic amide) rings is 1. The summed E-state index contributed by atoms with van der Waals surface area (Å²) in [4.78, 5) is 44.2. The molecule has 0 aliphatic carbocycles. The molecule has 34 heavy (non-hydrogen) atoms. The van der Waals surface area contributed by atoms with Gasteiger partial charge in [-0.2, -0.15) is 9.36 Å². The summed E-state index contributed by atoms with van der Waals surface area (Å²) >= 11 is 0.807. The molecular formula is C19H21N9O5S. The van der Waals surface area contributed by atoms with Crippen LogP contribution in [0.5, 0.6) is 0 Å². The molecule has 8 N–H and O–H groups in total. The van der Waals surface area contributed by atoms with E-state index in [1.165, 1.54) is 0 Å². The number of hydrogen-bond donors (Lipinski definition) is 6. The van der Waals surface area contributed by atoms with Crippen molar-refractivity contribution < 1.29 is 24.7 Å². The second kappa shape index (κ2) is 8.93. The Morgan fingerprint density at radius 3 is 2.76 bits per heavy atom. The lowest BCUT2D eigenvalue weighted by atomic mass is 9.83. The Balaban J connectivity index is 1.52. The first-order chi connectivity index (χ1) is 16.2. The minimum Gasteiger partial charge on any atom is -0.477 e. The van der Waals surface area contributed by atoms with Gasteiger partial charge in [-0.15, -0.1) is 0 Å². The van der Waals surface area contributed by atoms with Crippen molar-refractivity contribution in [1.82, 2.24) is 24.5 Å². The number of amides is 2. The van der Waals surface area contributed by atoms with Crippen molar-refractivity contribution in [1.29, 1.82) is 5.41 Å². The first kappa shape index (κ1) is 22.9. The molecule has 14 nitrogen and oxygen atoms in total. The molecule has 0 radical (unpaired) electrons. The van der Waals surface area contributed by atoms with Gasteiger partial charge < -0.3 is 32.0 Å². The number of allylic oxidation sites excluding steroid dienone is 2. The summed E-state index contributed by atoms with van der Waals surface area (Å²) in [5, 5.41) is 32.3. The number of hydrogen-bond acceptors (Lipinski definition) is 11. The first-order valence-corrected chi connectivity index (χ1v) is 10.9. The predicted molar refractivity (Wildman–Crippen MR) is 120 cm³/mol. The number of aromatic nitrogens is 2. The second-order valence-corrected chi connectivity index (χ2v) is 8.51. The predicted octanol–water partition coefficient (Wildman–Crippen LogP) is -1.18. The number of carboxylic acids is 1. The van der Waals surface area contributed by atoms with Gasteiger partial charge in [-0.25, -0.2) is 4.79 Å². The maximum atomic E-state index is 12.9. The zero-order valence-corrected chi connectivity index (χ0v) is 18.4. The molecule has 4 heterocycles. The fraction of sp³-hybridized carbons (Fsp3) is 0.316. The lowest BCUT2D eigenvalue weighted by Crippen LogP contribution is -2.72. The summed E-state index contributed by atoms with van der Waals surface area (Å²) in [6.45, 7) is 0.165. The molecule has 0 spiro atoms. The van der Waals surface area contributed by atoms with Crippen LogP contribution in [0.4, 0.5) is 5.13 Å². The third-order valence-corrected chi connectivity index (χ3v) is 6.27. The van der Waals surface area contributed by atoms with Crippen molar-refractivity contribution in [2.24, 2.45) is 10.9 Å². The summed E-state index contributed by atoms with van der Waals surface area (Å²) < 4.78 is 3.81. The normalized spacial score (nSPS) is 24.1. The van der Waals surface area contributed by atoms with Crippen LogP contribution in [0.3, 0.4) is 0 Å². The van der Waals surface area contributed by atoms with Gasteiger partial charge in [-0.1, -0.05) is 17.3 Å². The van der Waals surface area contributed by atoms with Gasteiger partial charge >= 0.3 is 5.97 Å². The van der Waals surface area contributed by atoms with Crippen LogP contribution in [0.15, 0.2) is 40.9 Å². The van der Waals surface area contributed by atoms with Crippen LogP contribution in [0.1, 0.15) is 18.7 Å². The van der Waals surface area contributed by atoms with Crippen LogP contribution >= 0.6 is 11.5 Å². The van der Waals surface area contributed by atoms with Crippen molar-refractivity contribution in [2.75, 3.05) is 12.3 Å². The number of aliphatic carboxylic acids is 1. The summed E-state index contributed by atoms with van der Waals surface area (Å²) in [6.07, 6.45) is 7.68. The highest BCUT2D eigenvalue weighted by molar-refractivity contribution is 7.09. The number of anilines is 1. The Morgan fingerprint density at radius 2 is 2.15 bits per heavy atom. The van der Waals surface area contributed by atoms with E-state index in [2.05, 4.69) is 19.8 Å². The average Bonchev–Trinajstić information content (AvgIpc) is 3.23. The van der Waals surface area contributed by atoms with Gasteiger partial charge in [0.2, 0.25) is 11.5 Å². The molecule has 1 aromatic rings. The molecule has 1 saturated heterocycles. The number of amidine groups is 1. The lowest BCUT2D eigenvalue weighted by Gasteiger charge is -2.50. The SMILES string of the molecule is N=C(N)C1C=CC=CN1CC1=C(C(=O)O)N2C(=O)[C@@H](NC(=O)/C(=N\O)c3nsc(N)n3)C2CC1. The fourth-order valence-electron chi connectivity index (χ4n) is 4.21. The van der Waals surface area contributed by atoms with E-state index in [1.807, 2.05) is 0 Å². The number of oxime groups is 1. The third kappa shape index (κ3) is 3.96. The van der Waals surface area contributed by atoms with E-state index in [0.29, 0.717) is 18.4 Å². The fourth-order valence-corrected chi connectivity index (χ4v) is 4.65. The number of nitrogens with two attached hydrogens (primary N) is 2. The molecule has 3 atom stereocenters. The maximum Gasteiger partial charge on any atom is 0.352 e. The Morgan fingerprint density at radius 1 is 1.38 bits per heavy atom. The summed E-state index contributed by atoms with van der Waals surface area (Å²) in [5.41, 5.74) is 11.0. The minimum atomic E-state index is -1.27. The van der Waals surface area contributed by atoms with Crippen LogP contribution in [-0.4, -0.2) is 83.5 Å². The number of fused-ring (bicyclic) bond motifs is 1. The molecule has 15 heteroatoms. The number of nitrogens with one attached hydrogen (secondary N) is 2. The van der Waals surface area contributed by atoms with Gasteiger partial charge in [0.25, 0.3) is 11.8 Å². The molecule has 4 rings (SSSR count). The van der Waals surface area contributed by atoms with Crippen LogP contribution in [0.25, 0.3) is 0 Å². The number of carboxylic acid groups (broad SMARTS) is 1. The average molecular weight is 488 g/mol. The van der Waals surface area contributed by atoms with Crippen LogP contribution in [0.2, 0.25) is 0 Å². The van der Waals surface area contributed by atoms with Crippen LogP contribution in [0, 0.1) is 5.41 Å². The summed E-state index contributed by atoms with van der Waals surface area (Å²) in [6, 6.07) is -2.10. The standard InChI is InChI=1S/C19H21N9O5S/c20-14(21)10-3-1-2-6-27(10)7-8-4-5-9-11(17(30)28(9)13(8)18(31)32)23-16(29)12(25-33)15-24-19(22)34-26-15/h1-3,6,9-11,33H,4-5,7H2,(H3,20,21)(H,23,29)(H,31,32)(H2,22,24,26)/b25-12-/t9?,10?,11-/m0/s1. The smallest absolute Gasteiger partial charge is 0.352 e. The highest BCUT2D eigenvalue weighted by Crippen LogP contribution is 2.37. The lowest BCUT2D eigenvalue weighted by molar-refractivity contribution is -0.155. The number of rotatable bonds is 7. The molecule has 1 aromatic heterocycles. The Labute approximate surface area is 196 Å². The van der Waals surface area contributed by atoms with Crippen molar-refractivity contribution in [3.05, 3.63) is 41.5 Å². The van der Waals surface area contributed by atoms with E-state index < -0.39 is 41.6 Å². The molecule has 3 aliphatic rings. The van der Waals surface area contributed by atoms with E-state index in [4.69, 9.17) is 16.9 Å². The number of carbonyl (C=O) groups is 3. The summed E-state index contributed by atoms with van der Waals surface area (Å²) in [5.74, 6) is -3.04. The third-order valence-electron chi connectivity index (χ3n) is 5.73. The van der Waals surface area contributed by atoms with Gasteiger partial charge in [-0.05, 0) is 24.5 Å². The topological polar surface area (TPSA) is 224 Å². The maximum absolute atomic E-state index is 12.9. The first-order valence-electron chi connectivity index (χ1n) is 10.1. The minimum absolute atomic E-state index is 0.0666. The van der Waals surface area contributed by atoms with E-state index in [0.717, 1.165) is 16.4 Å². The Kier molecular flexibility index (Phi) is 6.02. The van der Waals surface area contributed by atoms with Gasteiger partial charge in [0.05, 0.1) is 6.04 Å². The van der Waals surface area contributed by atoms with Crippen LogP contribution in [-0.2, 0) is 14.4 Å². The van der Waals surface area contributed by atoms with E-state index >= 15 is 0 Å². The van der Waals surface area contributed by atoms with E-state index in [9.17, 15) is 24.7 Å². The second-order valence-electron chi connectivity index (χ2n) is 7.73. The number of nitrogens with zero attached hydrogens (tertiary/aromatic N) is 5. The van der Waals surface area contributed by atoms with Crippen molar-refractivity contribution in [2.45, 2.75) is 31.0 Å². The number of nitrogen functional groups attached to an aromatic ring is 1. The Bertz CT molecular complexity index is 1190. The molecule has 0 bridgehead atoms. The molecule has 1 fully saturated rings. The van der Waals surface area contributed by atoms with Crippen LogP contribution < -0.4 is 16.8 Å². The highest BCUT2D eigenvalue weighted by atomic mass is 32.1. The van der Waals surface area contributed by atoms with E-state index in [-0.39, 0.29) is 29.0 Å². The quantitative estimate of drug-likeness (QED) is 0.0887. The zero-order chi connectivity index (χ0) is 24.6. The van der Waals surface area contributed by atoms with Gasteiger partial charge in [0.1, 0.15) is 23.6 Å². The molecular weight excluding hydrogens is 466 g/mol. The molecule has 2 unspecified atom stereocenters. The van der Waals surface area contributed by atoms with Gasteiger partial charge in [0.15, 0.2) is 5.13 Å². The summed E-state index contributed by atoms with van der Waals surface area (Å²) in [7, 11) is 0. The molecule has 0 aromatic carbocycles. The Hall–Kier alpha value is -4.27.